The first kappa shape index (κ1) is 24.0. The summed E-state index contributed by atoms with van der Waals surface area (Å²) in [6.45, 7) is 1.69. The zero-order valence-corrected chi connectivity index (χ0v) is 21.3. The molecule has 6 heteroatoms. The molecule has 6 nitrogen and oxygen atoms in total. The van der Waals surface area contributed by atoms with Crippen LogP contribution in [-0.2, 0) is 13.1 Å². The van der Waals surface area contributed by atoms with Gasteiger partial charge >= 0.3 is 0 Å². The third-order valence-corrected chi connectivity index (χ3v) is 7.47. The van der Waals surface area contributed by atoms with Gasteiger partial charge in [0.15, 0.2) is 10.9 Å². The SMILES string of the molecule is O=c1c2ccccc2n(CCCCCCCCn2c3ccccc3c(=O)c3cccnc32)c2ncccc12. The summed E-state index contributed by atoms with van der Waals surface area (Å²) in [5.41, 5.74) is 3.56. The van der Waals surface area contributed by atoms with Crippen molar-refractivity contribution in [2.75, 3.05) is 0 Å². The smallest absolute Gasteiger partial charge is 0.198 e. The number of pyridine rings is 4. The summed E-state index contributed by atoms with van der Waals surface area (Å²) in [5.74, 6) is 0. The second-order valence-corrected chi connectivity index (χ2v) is 9.87. The minimum absolute atomic E-state index is 0.0541. The number of hydrogen-bond donors (Lipinski definition) is 0. The Balaban J connectivity index is 1.08. The van der Waals surface area contributed by atoms with Gasteiger partial charge in [-0.15, -0.1) is 0 Å². The Labute approximate surface area is 220 Å². The third-order valence-electron chi connectivity index (χ3n) is 7.47. The van der Waals surface area contributed by atoms with Gasteiger partial charge in [0.25, 0.3) is 0 Å². The first-order valence-corrected chi connectivity index (χ1v) is 13.5. The van der Waals surface area contributed by atoms with E-state index in [4.69, 9.17) is 0 Å². The molecular weight excluding hydrogens is 472 g/mol. The second-order valence-electron chi connectivity index (χ2n) is 9.87. The molecule has 0 radical (unpaired) electrons. The number of benzene rings is 2. The maximum absolute atomic E-state index is 12.9. The van der Waals surface area contributed by atoms with Crippen LogP contribution in [0.4, 0.5) is 0 Å². The molecule has 4 aromatic heterocycles. The maximum Gasteiger partial charge on any atom is 0.198 e. The average molecular weight is 503 g/mol. The lowest BCUT2D eigenvalue weighted by molar-refractivity contribution is 0.543. The van der Waals surface area contributed by atoms with Crippen molar-refractivity contribution >= 4 is 43.9 Å². The number of nitrogens with zero attached hydrogens (tertiary/aromatic N) is 4. The minimum Gasteiger partial charge on any atom is -0.325 e. The number of fused-ring (bicyclic) bond motifs is 4. The maximum atomic E-state index is 12.9. The Morgan fingerprint density at radius 2 is 0.868 bits per heavy atom. The summed E-state index contributed by atoms with van der Waals surface area (Å²) in [6, 6.07) is 23.1. The molecule has 0 N–H and O–H groups in total. The van der Waals surface area contributed by atoms with Crippen molar-refractivity contribution in [3.05, 3.63) is 106 Å². The highest BCUT2D eigenvalue weighted by Crippen LogP contribution is 2.20. The number of rotatable bonds is 9. The summed E-state index contributed by atoms with van der Waals surface area (Å²) in [6.07, 6.45) is 10.2. The lowest BCUT2D eigenvalue weighted by Crippen LogP contribution is -2.13. The van der Waals surface area contributed by atoms with Gasteiger partial charge in [0.2, 0.25) is 0 Å². The number of hydrogen-bond acceptors (Lipinski definition) is 4. The van der Waals surface area contributed by atoms with Crippen molar-refractivity contribution in [1.29, 1.82) is 0 Å². The van der Waals surface area contributed by atoms with Gasteiger partial charge in [-0.25, -0.2) is 9.97 Å². The molecular formula is C32H30N4O2. The predicted molar refractivity (Wildman–Crippen MR) is 155 cm³/mol. The Hall–Kier alpha value is -4.32. The lowest BCUT2D eigenvalue weighted by Gasteiger charge is -2.15. The standard InChI is InChI=1S/C32H30N4O2/c37-29-23-13-5-7-17-27(23)35(31-25(29)15-11-19-33-31)21-9-3-1-2-4-10-22-36-28-18-8-6-14-24(28)30(38)26-16-12-20-34-32(26)36/h5-8,11-20H,1-4,9-10,21-22H2. The molecule has 0 aliphatic heterocycles. The topological polar surface area (TPSA) is 69.8 Å². The first-order chi connectivity index (χ1) is 18.7. The fraction of sp³-hybridized carbons (Fsp3) is 0.250. The van der Waals surface area contributed by atoms with Crippen molar-refractivity contribution < 1.29 is 0 Å². The molecule has 0 saturated carbocycles. The second kappa shape index (κ2) is 10.6. The molecule has 0 amide bonds. The lowest BCUT2D eigenvalue weighted by atomic mass is 10.1. The molecule has 0 unspecified atom stereocenters. The Kier molecular flexibility index (Phi) is 6.69. The van der Waals surface area contributed by atoms with Crippen LogP contribution >= 0.6 is 0 Å². The molecule has 4 heterocycles. The molecule has 0 fully saturated rings. The predicted octanol–water partition coefficient (Wildman–Crippen LogP) is 6.45. The van der Waals surface area contributed by atoms with Crippen molar-refractivity contribution in [1.82, 2.24) is 19.1 Å². The third kappa shape index (κ3) is 4.36. The highest BCUT2D eigenvalue weighted by Gasteiger charge is 2.12. The fourth-order valence-corrected chi connectivity index (χ4v) is 5.60. The van der Waals surface area contributed by atoms with Crippen LogP contribution in [0.3, 0.4) is 0 Å². The molecule has 6 rings (SSSR count). The Morgan fingerprint density at radius 3 is 1.34 bits per heavy atom. The largest absolute Gasteiger partial charge is 0.325 e. The van der Waals surface area contributed by atoms with Gasteiger partial charge in [0.1, 0.15) is 11.3 Å². The number of aromatic nitrogens is 4. The van der Waals surface area contributed by atoms with Crippen LogP contribution in [0.25, 0.3) is 43.9 Å². The monoisotopic (exact) mass is 502 g/mol. The van der Waals surface area contributed by atoms with E-state index in [2.05, 4.69) is 19.1 Å². The molecule has 0 atom stereocenters. The van der Waals surface area contributed by atoms with Gasteiger partial charge < -0.3 is 9.13 Å². The van der Waals surface area contributed by atoms with Gasteiger partial charge in [0, 0.05) is 36.3 Å². The van der Waals surface area contributed by atoms with Crippen molar-refractivity contribution in [2.24, 2.45) is 0 Å². The summed E-state index contributed by atoms with van der Waals surface area (Å²) in [7, 11) is 0. The molecule has 0 aliphatic rings. The van der Waals surface area contributed by atoms with Crippen LogP contribution in [0.5, 0.6) is 0 Å². The molecule has 190 valence electrons. The molecule has 38 heavy (non-hydrogen) atoms. The molecule has 0 bridgehead atoms. The summed E-state index contributed by atoms with van der Waals surface area (Å²) in [5, 5.41) is 2.88. The van der Waals surface area contributed by atoms with Gasteiger partial charge in [-0.2, -0.15) is 0 Å². The van der Waals surface area contributed by atoms with Crippen molar-refractivity contribution in [2.45, 2.75) is 51.6 Å². The summed E-state index contributed by atoms with van der Waals surface area (Å²) >= 11 is 0. The zero-order valence-electron chi connectivity index (χ0n) is 21.3. The van der Waals surface area contributed by atoms with Crippen molar-refractivity contribution in [3.63, 3.8) is 0 Å². The average Bonchev–Trinajstić information content (AvgIpc) is 2.97. The summed E-state index contributed by atoms with van der Waals surface area (Å²) in [4.78, 5) is 34.9. The van der Waals surface area contributed by atoms with E-state index in [9.17, 15) is 9.59 Å². The van der Waals surface area contributed by atoms with E-state index in [0.717, 1.165) is 84.7 Å². The van der Waals surface area contributed by atoms with Crippen LogP contribution in [0.1, 0.15) is 38.5 Å². The van der Waals surface area contributed by atoms with Crippen LogP contribution in [0.15, 0.2) is 94.8 Å². The van der Waals surface area contributed by atoms with E-state index in [-0.39, 0.29) is 10.9 Å². The number of unbranched alkanes of at least 4 members (excludes halogenated alkanes) is 5. The van der Waals surface area contributed by atoms with E-state index < -0.39 is 0 Å². The summed E-state index contributed by atoms with van der Waals surface area (Å²) < 4.78 is 4.40. The molecule has 0 aliphatic carbocycles. The molecule has 0 saturated heterocycles. The number of para-hydroxylation sites is 2. The van der Waals surface area contributed by atoms with Gasteiger partial charge in [-0.05, 0) is 61.4 Å². The Morgan fingerprint density at radius 1 is 0.474 bits per heavy atom. The van der Waals surface area contributed by atoms with Gasteiger partial charge in [0.05, 0.1) is 21.8 Å². The van der Waals surface area contributed by atoms with Crippen LogP contribution in [0.2, 0.25) is 0 Å². The minimum atomic E-state index is 0.0541. The quantitative estimate of drug-likeness (QED) is 0.168. The van der Waals surface area contributed by atoms with Crippen LogP contribution in [-0.4, -0.2) is 19.1 Å². The van der Waals surface area contributed by atoms with E-state index >= 15 is 0 Å². The van der Waals surface area contributed by atoms with E-state index in [0.29, 0.717) is 10.8 Å². The normalized spacial score (nSPS) is 11.7. The Bertz CT molecular complexity index is 1630. The van der Waals surface area contributed by atoms with E-state index in [1.54, 1.807) is 12.4 Å². The van der Waals surface area contributed by atoms with Crippen molar-refractivity contribution in [3.8, 4) is 0 Å². The number of aryl methyl sites for hydroxylation is 2. The van der Waals surface area contributed by atoms with Gasteiger partial charge in [-0.3, -0.25) is 9.59 Å². The van der Waals surface area contributed by atoms with Crippen LogP contribution < -0.4 is 10.9 Å². The molecule has 0 spiro atoms. The molecule has 6 aromatic rings. The highest BCUT2D eigenvalue weighted by molar-refractivity contribution is 5.92. The highest BCUT2D eigenvalue weighted by atomic mass is 16.1. The van der Waals surface area contributed by atoms with E-state index in [1.165, 1.54) is 0 Å². The fourth-order valence-electron chi connectivity index (χ4n) is 5.60. The van der Waals surface area contributed by atoms with E-state index in [1.807, 2.05) is 72.8 Å². The molecule has 2 aromatic carbocycles. The van der Waals surface area contributed by atoms with Crippen LogP contribution in [0, 0.1) is 0 Å². The van der Waals surface area contributed by atoms with Gasteiger partial charge in [-0.1, -0.05) is 49.9 Å². The first-order valence-electron chi connectivity index (χ1n) is 13.5. The zero-order chi connectivity index (χ0) is 25.9.